The summed E-state index contributed by atoms with van der Waals surface area (Å²) < 4.78 is 5.24. The number of piperidine rings is 1. The quantitative estimate of drug-likeness (QED) is 0.796. The molecule has 1 N–H and O–H groups in total. The monoisotopic (exact) mass is 375 g/mol. The number of aryl methyl sites for hydroxylation is 1. The molecule has 0 radical (unpaired) electrons. The second kappa shape index (κ2) is 9.40. The van der Waals surface area contributed by atoms with Crippen molar-refractivity contribution in [2.75, 3.05) is 32.7 Å². The highest BCUT2D eigenvalue weighted by atomic mass is 16.3. The first-order valence-corrected chi connectivity index (χ1v) is 10.4. The molecule has 1 aromatic heterocycles. The van der Waals surface area contributed by atoms with Crippen LogP contribution in [0.3, 0.4) is 0 Å². The molecule has 6 heteroatoms. The average Bonchev–Trinajstić information content (AvgIpc) is 3.32. The maximum atomic E-state index is 12.5. The van der Waals surface area contributed by atoms with E-state index >= 15 is 0 Å². The topological polar surface area (TPSA) is 65.8 Å². The van der Waals surface area contributed by atoms with Crippen molar-refractivity contribution in [2.45, 2.75) is 58.4 Å². The van der Waals surface area contributed by atoms with E-state index in [1.807, 2.05) is 11.8 Å². The van der Waals surface area contributed by atoms with Gasteiger partial charge in [0.2, 0.25) is 5.91 Å². The fourth-order valence-electron chi connectivity index (χ4n) is 4.40. The summed E-state index contributed by atoms with van der Waals surface area (Å²) in [5.41, 5.74) is 0.667. The molecule has 2 aliphatic rings. The minimum atomic E-state index is 0.0643. The van der Waals surface area contributed by atoms with E-state index in [0.29, 0.717) is 29.7 Å². The minimum absolute atomic E-state index is 0.0643. The molecular formula is C21H33N3O3. The molecule has 1 unspecified atom stereocenters. The number of nitrogens with one attached hydrogen (secondary N) is 1. The zero-order valence-electron chi connectivity index (χ0n) is 16.7. The highest BCUT2D eigenvalue weighted by Crippen LogP contribution is 2.24. The zero-order valence-corrected chi connectivity index (χ0v) is 16.7. The Labute approximate surface area is 162 Å². The largest absolute Gasteiger partial charge is 0.469 e. The molecule has 0 aliphatic carbocycles. The summed E-state index contributed by atoms with van der Waals surface area (Å²) in [5.74, 6) is 1.45. The molecule has 1 aromatic rings. The van der Waals surface area contributed by atoms with Crippen LogP contribution in [0.1, 0.15) is 61.6 Å². The van der Waals surface area contributed by atoms with Crippen LogP contribution in [0.2, 0.25) is 0 Å². The minimum Gasteiger partial charge on any atom is -0.469 e. The van der Waals surface area contributed by atoms with Crippen LogP contribution in [0.25, 0.3) is 0 Å². The van der Waals surface area contributed by atoms with Crippen LogP contribution in [0.4, 0.5) is 0 Å². The van der Waals surface area contributed by atoms with Gasteiger partial charge >= 0.3 is 0 Å². The number of carbonyl (C=O) groups is 2. The molecule has 2 fully saturated rings. The number of furan rings is 1. The second-order valence-corrected chi connectivity index (χ2v) is 7.89. The maximum absolute atomic E-state index is 12.5. The van der Waals surface area contributed by atoms with Gasteiger partial charge in [0.15, 0.2) is 0 Å². The van der Waals surface area contributed by atoms with Gasteiger partial charge in [-0.2, -0.15) is 0 Å². The van der Waals surface area contributed by atoms with Gasteiger partial charge in [-0.1, -0.05) is 6.92 Å². The van der Waals surface area contributed by atoms with E-state index in [0.717, 1.165) is 52.0 Å². The third-order valence-corrected chi connectivity index (χ3v) is 6.21. The van der Waals surface area contributed by atoms with Gasteiger partial charge in [-0.25, -0.2) is 0 Å². The fraction of sp³-hybridized carbons (Fsp3) is 0.714. The van der Waals surface area contributed by atoms with Crippen molar-refractivity contribution in [2.24, 2.45) is 5.92 Å². The number of nitrogens with zero attached hydrogens (tertiary/aromatic N) is 2. The molecule has 150 valence electrons. The number of amides is 2. The summed E-state index contributed by atoms with van der Waals surface area (Å²) in [5, 5.41) is 3.12. The Hall–Kier alpha value is -1.82. The lowest BCUT2D eigenvalue weighted by molar-refractivity contribution is -0.121. The molecule has 2 saturated heterocycles. The molecule has 3 heterocycles. The van der Waals surface area contributed by atoms with Crippen molar-refractivity contribution in [3.05, 3.63) is 23.7 Å². The van der Waals surface area contributed by atoms with Crippen LogP contribution in [-0.2, 0) is 4.79 Å². The summed E-state index contributed by atoms with van der Waals surface area (Å²) >= 11 is 0. The Kier molecular flexibility index (Phi) is 6.94. The van der Waals surface area contributed by atoms with Crippen LogP contribution in [-0.4, -0.2) is 60.4 Å². The van der Waals surface area contributed by atoms with Gasteiger partial charge in [0.25, 0.3) is 5.91 Å². The molecule has 27 heavy (non-hydrogen) atoms. The van der Waals surface area contributed by atoms with E-state index in [2.05, 4.69) is 17.1 Å². The molecule has 0 bridgehead atoms. The predicted octanol–water partition coefficient (Wildman–Crippen LogP) is 2.82. The summed E-state index contributed by atoms with van der Waals surface area (Å²) in [7, 11) is 0. The Morgan fingerprint density at radius 1 is 1.22 bits per heavy atom. The van der Waals surface area contributed by atoms with Crippen molar-refractivity contribution in [3.8, 4) is 0 Å². The molecule has 0 aromatic carbocycles. The SMILES string of the molecule is CCN1CCCC1CNC(=O)CCC1CCN(C(=O)c2ccoc2C)CC1. The Morgan fingerprint density at radius 3 is 2.67 bits per heavy atom. The van der Waals surface area contributed by atoms with Crippen LogP contribution in [0.15, 0.2) is 16.7 Å². The highest BCUT2D eigenvalue weighted by Gasteiger charge is 2.26. The smallest absolute Gasteiger partial charge is 0.257 e. The van der Waals surface area contributed by atoms with E-state index < -0.39 is 0 Å². The van der Waals surface area contributed by atoms with E-state index in [9.17, 15) is 9.59 Å². The second-order valence-electron chi connectivity index (χ2n) is 7.89. The first-order chi connectivity index (χ1) is 13.1. The Balaban J connectivity index is 1.34. The van der Waals surface area contributed by atoms with Crippen molar-refractivity contribution in [1.29, 1.82) is 0 Å². The molecular weight excluding hydrogens is 342 g/mol. The molecule has 3 rings (SSSR count). The number of hydrogen-bond donors (Lipinski definition) is 1. The number of carbonyl (C=O) groups excluding carboxylic acids is 2. The summed E-state index contributed by atoms with van der Waals surface area (Å²) in [4.78, 5) is 29.1. The number of rotatable bonds is 7. The molecule has 0 spiro atoms. The van der Waals surface area contributed by atoms with Crippen LogP contribution in [0, 0.1) is 12.8 Å². The normalized spacial score (nSPS) is 21.6. The predicted molar refractivity (Wildman–Crippen MR) is 105 cm³/mol. The van der Waals surface area contributed by atoms with Gasteiger partial charge in [-0.15, -0.1) is 0 Å². The molecule has 2 amide bonds. The van der Waals surface area contributed by atoms with E-state index in [1.54, 1.807) is 12.3 Å². The molecule has 2 aliphatic heterocycles. The third kappa shape index (κ3) is 5.12. The third-order valence-electron chi connectivity index (χ3n) is 6.21. The Bertz CT molecular complexity index is 634. The van der Waals surface area contributed by atoms with Crippen molar-refractivity contribution >= 4 is 11.8 Å². The van der Waals surface area contributed by atoms with Crippen molar-refractivity contribution in [3.63, 3.8) is 0 Å². The van der Waals surface area contributed by atoms with E-state index in [4.69, 9.17) is 4.42 Å². The standard InChI is InChI=1S/C21H33N3O3/c1-3-23-11-4-5-18(23)15-22-20(25)7-6-17-8-12-24(13-9-17)21(26)19-10-14-27-16(19)2/h10,14,17-18H,3-9,11-13,15H2,1-2H3,(H,22,25). The molecule has 1 atom stereocenters. The Morgan fingerprint density at radius 2 is 2.00 bits per heavy atom. The van der Waals surface area contributed by atoms with Gasteiger partial charge in [-0.05, 0) is 64.1 Å². The van der Waals surface area contributed by atoms with E-state index in [1.165, 1.54) is 12.8 Å². The summed E-state index contributed by atoms with van der Waals surface area (Å²) in [6, 6.07) is 2.26. The lowest BCUT2D eigenvalue weighted by atomic mass is 9.91. The van der Waals surface area contributed by atoms with Crippen molar-refractivity contribution in [1.82, 2.24) is 15.1 Å². The van der Waals surface area contributed by atoms with Crippen LogP contribution < -0.4 is 5.32 Å². The van der Waals surface area contributed by atoms with Crippen molar-refractivity contribution < 1.29 is 14.0 Å². The van der Waals surface area contributed by atoms with Gasteiger partial charge in [0.05, 0.1) is 11.8 Å². The zero-order chi connectivity index (χ0) is 19.2. The lowest BCUT2D eigenvalue weighted by Gasteiger charge is -2.32. The average molecular weight is 376 g/mol. The van der Waals surface area contributed by atoms with E-state index in [-0.39, 0.29) is 11.8 Å². The van der Waals surface area contributed by atoms with Gasteiger partial charge in [0.1, 0.15) is 5.76 Å². The maximum Gasteiger partial charge on any atom is 0.257 e. The lowest BCUT2D eigenvalue weighted by Crippen LogP contribution is -2.40. The van der Waals surface area contributed by atoms with Gasteiger partial charge < -0.3 is 14.6 Å². The molecule has 0 saturated carbocycles. The first kappa shape index (κ1) is 19.9. The first-order valence-electron chi connectivity index (χ1n) is 10.4. The summed E-state index contributed by atoms with van der Waals surface area (Å²) in [6.07, 6.45) is 7.46. The van der Waals surface area contributed by atoms with Crippen LogP contribution in [0.5, 0.6) is 0 Å². The van der Waals surface area contributed by atoms with Crippen LogP contribution >= 0.6 is 0 Å². The highest BCUT2D eigenvalue weighted by molar-refractivity contribution is 5.95. The fourth-order valence-corrected chi connectivity index (χ4v) is 4.40. The molecule has 6 nitrogen and oxygen atoms in total. The summed E-state index contributed by atoms with van der Waals surface area (Å²) in [6.45, 7) is 8.55. The van der Waals surface area contributed by atoms with Gasteiger partial charge in [0, 0.05) is 32.1 Å². The number of hydrogen-bond acceptors (Lipinski definition) is 4. The number of likely N-dealkylation sites (N-methyl/N-ethyl adjacent to an activating group) is 1. The number of likely N-dealkylation sites (tertiary alicyclic amines) is 2. The van der Waals surface area contributed by atoms with Gasteiger partial charge in [-0.3, -0.25) is 14.5 Å².